The fraction of sp³-hybridized carbons (Fsp3) is 1.00. The van der Waals surface area contributed by atoms with Gasteiger partial charge < -0.3 is 10.8 Å². The predicted molar refractivity (Wildman–Crippen MR) is 34.6 cm³/mol. The van der Waals surface area contributed by atoms with Gasteiger partial charge in [-0.25, -0.2) is 0 Å². The summed E-state index contributed by atoms with van der Waals surface area (Å²) in [7, 11) is 0. The zero-order chi connectivity index (χ0) is 6.78. The van der Waals surface area contributed by atoms with Gasteiger partial charge in [0.05, 0.1) is 5.60 Å². The predicted octanol–water partition coefficient (Wildman–Crippen LogP) is 0.495. The van der Waals surface area contributed by atoms with Crippen molar-refractivity contribution in [1.82, 2.24) is 0 Å². The van der Waals surface area contributed by atoms with Gasteiger partial charge in [-0.2, -0.15) is 0 Å². The molecule has 0 amide bonds. The second-order valence-electron chi connectivity index (χ2n) is 2.50. The van der Waals surface area contributed by atoms with Crippen LogP contribution in [-0.4, -0.2) is 16.7 Å². The second kappa shape index (κ2) is 2.46. The molecular formula is C6H15NO. The first-order valence-corrected chi connectivity index (χ1v) is 2.98. The van der Waals surface area contributed by atoms with E-state index in [4.69, 9.17) is 5.73 Å². The minimum Gasteiger partial charge on any atom is -0.389 e. The van der Waals surface area contributed by atoms with Crippen LogP contribution in [-0.2, 0) is 0 Å². The fourth-order valence-corrected chi connectivity index (χ4v) is 0.322. The van der Waals surface area contributed by atoms with Crippen molar-refractivity contribution in [3.63, 3.8) is 0 Å². The third kappa shape index (κ3) is 1.80. The first-order valence-electron chi connectivity index (χ1n) is 2.98. The lowest BCUT2D eigenvalue weighted by molar-refractivity contribution is 0.0347. The quantitative estimate of drug-likeness (QED) is 0.553. The van der Waals surface area contributed by atoms with E-state index in [-0.39, 0.29) is 6.04 Å². The molecule has 0 heterocycles. The molecule has 0 spiro atoms. The minimum atomic E-state index is -0.681. The molecule has 1 unspecified atom stereocenters. The highest BCUT2D eigenvalue weighted by atomic mass is 16.3. The maximum absolute atomic E-state index is 9.28. The molecule has 50 valence electrons. The SMILES string of the molecule is CC[C@](C)(O)C(C)N. The van der Waals surface area contributed by atoms with Crippen LogP contribution in [0.4, 0.5) is 0 Å². The van der Waals surface area contributed by atoms with E-state index in [1.807, 2.05) is 13.8 Å². The third-order valence-electron chi connectivity index (χ3n) is 1.70. The molecule has 0 aromatic heterocycles. The largest absolute Gasteiger partial charge is 0.389 e. The van der Waals surface area contributed by atoms with Crippen LogP contribution in [0.25, 0.3) is 0 Å². The molecule has 0 aliphatic carbocycles. The molecule has 0 aromatic carbocycles. The van der Waals surface area contributed by atoms with Crippen LogP contribution >= 0.6 is 0 Å². The van der Waals surface area contributed by atoms with E-state index >= 15 is 0 Å². The summed E-state index contributed by atoms with van der Waals surface area (Å²) < 4.78 is 0. The van der Waals surface area contributed by atoms with E-state index < -0.39 is 5.60 Å². The maximum atomic E-state index is 9.28. The van der Waals surface area contributed by atoms with Gasteiger partial charge in [-0.1, -0.05) is 6.92 Å². The van der Waals surface area contributed by atoms with Crippen molar-refractivity contribution < 1.29 is 5.11 Å². The van der Waals surface area contributed by atoms with Crippen molar-refractivity contribution >= 4 is 0 Å². The highest BCUT2D eigenvalue weighted by Crippen LogP contribution is 2.10. The number of rotatable bonds is 2. The molecule has 0 rings (SSSR count). The van der Waals surface area contributed by atoms with Gasteiger partial charge in [0.1, 0.15) is 0 Å². The number of hydrogen-bond donors (Lipinski definition) is 2. The summed E-state index contributed by atoms with van der Waals surface area (Å²) in [5, 5.41) is 9.28. The molecule has 0 saturated heterocycles. The van der Waals surface area contributed by atoms with Crippen molar-refractivity contribution in [2.75, 3.05) is 0 Å². The Labute approximate surface area is 50.7 Å². The molecular weight excluding hydrogens is 102 g/mol. The Balaban J connectivity index is 3.71. The minimum absolute atomic E-state index is 0.132. The van der Waals surface area contributed by atoms with Crippen molar-refractivity contribution in [3.05, 3.63) is 0 Å². The first kappa shape index (κ1) is 7.92. The first-order chi connectivity index (χ1) is 3.50. The fourth-order valence-electron chi connectivity index (χ4n) is 0.322. The van der Waals surface area contributed by atoms with E-state index in [1.54, 1.807) is 6.92 Å². The van der Waals surface area contributed by atoms with Gasteiger partial charge in [0, 0.05) is 6.04 Å². The number of aliphatic hydroxyl groups is 1. The lowest BCUT2D eigenvalue weighted by Gasteiger charge is -2.25. The Hall–Kier alpha value is -0.0800. The summed E-state index contributed by atoms with van der Waals surface area (Å²) in [6.45, 7) is 5.48. The van der Waals surface area contributed by atoms with Crippen molar-refractivity contribution in [2.24, 2.45) is 5.73 Å². The standard InChI is InChI=1S/C6H15NO/c1-4-6(3,8)5(2)7/h5,8H,4,7H2,1-3H3/t5?,6-/m0/s1. The van der Waals surface area contributed by atoms with Crippen molar-refractivity contribution in [3.8, 4) is 0 Å². The summed E-state index contributed by atoms with van der Waals surface area (Å²) in [6.07, 6.45) is 0.713. The van der Waals surface area contributed by atoms with Gasteiger partial charge in [-0.15, -0.1) is 0 Å². The molecule has 2 atom stereocenters. The summed E-state index contributed by atoms with van der Waals surface area (Å²) in [4.78, 5) is 0. The summed E-state index contributed by atoms with van der Waals surface area (Å²) >= 11 is 0. The summed E-state index contributed by atoms with van der Waals surface area (Å²) in [5.41, 5.74) is 4.75. The van der Waals surface area contributed by atoms with Gasteiger partial charge in [0.2, 0.25) is 0 Å². The van der Waals surface area contributed by atoms with Gasteiger partial charge in [-0.05, 0) is 20.3 Å². The average molecular weight is 117 g/mol. The highest BCUT2D eigenvalue weighted by molar-refractivity contribution is 4.79. The lowest BCUT2D eigenvalue weighted by Crippen LogP contribution is -2.42. The van der Waals surface area contributed by atoms with Crippen LogP contribution in [0, 0.1) is 0 Å². The average Bonchev–Trinajstić information content (AvgIpc) is 1.67. The van der Waals surface area contributed by atoms with E-state index in [1.165, 1.54) is 0 Å². The maximum Gasteiger partial charge on any atom is 0.0764 e. The zero-order valence-electron chi connectivity index (χ0n) is 5.81. The van der Waals surface area contributed by atoms with Crippen molar-refractivity contribution in [2.45, 2.75) is 38.8 Å². The van der Waals surface area contributed by atoms with Gasteiger partial charge >= 0.3 is 0 Å². The normalized spacial score (nSPS) is 22.1. The molecule has 0 aliphatic rings. The van der Waals surface area contributed by atoms with Crippen LogP contribution in [0.5, 0.6) is 0 Å². The van der Waals surface area contributed by atoms with Crippen LogP contribution in [0.15, 0.2) is 0 Å². The molecule has 2 heteroatoms. The smallest absolute Gasteiger partial charge is 0.0764 e. The molecule has 8 heavy (non-hydrogen) atoms. The molecule has 0 radical (unpaired) electrons. The van der Waals surface area contributed by atoms with Gasteiger partial charge in [0.15, 0.2) is 0 Å². The van der Waals surface area contributed by atoms with E-state index in [9.17, 15) is 5.11 Å². The van der Waals surface area contributed by atoms with Gasteiger partial charge in [0.25, 0.3) is 0 Å². The Kier molecular flexibility index (Phi) is 2.44. The molecule has 0 aliphatic heterocycles. The second-order valence-corrected chi connectivity index (χ2v) is 2.50. The summed E-state index contributed by atoms with van der Waals surface area (Å²) in [6, 6.07) is -0.132. The molecule has 0 bridgehead atoms. The van der Waals surface area contributed by atoms with Gasteiger partial charge in [-0.3, -0.25) is 0 Å². The highest BCUT2D eigenvalue weighted by Gasteiger charge is 2.21. The molecule has 2 nitrogen and oxygen atoms in total. The molecule has 3 N–H and O–H groups in total. The Morgan fingerprint density at radius 1 is 1.75 bits per heavy atom. The van der Waals surface area contributed by atoms with E-state index in [2.05, 4.69) is 0 Å². The van der Waals surface area contributed by atoms with E-state index in [0.717, 1.165) is 0 Å². The van der Waals surface area contributed by atoms with Crippen LogP contribution in [0.1, 0.15) is 27.2 Å². The monoisotopic (exact) mass is 117 g/mol. The number of hydrogen-bond acceptors (Lipinski definition) is 2. The third-order valence-corrected chi connectivity index (χ3v) is 1.70. The number of nitrogens with two attached hydrogens (primary N) is 1. The molecule has 0 aromatic rings. The summed E-state index contributed by atoms with van der Waals surface area (Å²) in [5.74, 6) is 0. The topological polar surface area (TPSA) is 46.2 Å². The van der Waals surface area contributed by atoms with Crippen LogP contribution < -0.4 is 5.73 Å². The zero-order valence-corrected chi connectivity index (χ0v) is 5.81. The lowest BCUT2D eigenvalue weighted by atomic mass is 9.96. The van der Waals surface area contributed by atoms with Crippen molar-refractivity contribution in [1.29, 1.82) is 0 Å². The van der Waals surface area contributed by atoms with E-state index in [0.29, 0.717) is 6.42 Å². The Morgan fingerprint density at radius 3 is 2.12 bits per heavy atom. The Morgan fingerprint density at radius 2 is 2.12 bits per heavy atom. The van der Waals surface area contributed by atoms with Crippen LogP contribution in [0.3, 0.4) is 0 Å². The molecule has 0 fully saturated rings. The van der Waals surface area contributed by atoms with Crippen LogP contribution in [0.2, 0.25) is 0 Å². The molecule has 0 saturated carbocycles. The Bertz CT molecular complexity index is 68.9.